The van der Waals surface area contributed by atoms with Crippen molar-refractivity contribution in [3.63, 3.8) is 0 Å². The van der Waals surface area contributed by atoms with Crippen LogP contribution in [0.3, 0.4) is 0 Å². The van der Waals surface area contributed by atoms with Crippen LogP contribution in [0.15, 0.2) is 194 Å². The third kappa shape index (κ3) is 5.74. The van der Waals surface area contributed by atoms with E-state index in [0.29, 0.717) is 0 Å². The van der Waals surface area contributed by atoms with E-state index in [1.807, 2.05) is 18.2 Å². The number of hydrogen-bond donors (Lipinski definition) is 0. The van der Waals surface area contributed by atoms with Crippen LogP contribution < -0.4 is 0 Å². The van der Waals surface area contributed by atoms with Crippen LogP contribution in [0.2, 0.25) is 0 Å². The molecular formula is C48H32N2. The molecule has 0 aliphatic rings. The highest BCUT2D eigenvalue weighted by atomic mass is 14.8. The summed E-state index contributed by atoms with van der Waals surface area (Å²) in [5.41, 5.74) is 15.5. The van der Waals surface area contributed by atoms with E-state index in [0.717, 1.165) is 44.3 Å². The summed E-state index contributed by atoms with van der Waals surface area (Å²) in [6.07, 6.45) is 0. The minimum atomic E-state index is 0.921. The Balaban J connectivity index is 1.02. The molecule has 0 aliphatic heterocycles. The van der Waals surface area contributed by atoms with Crippen molar-refractivity contribution in [1.82, 2.24) is 9.97 Å². The van der Waals surface area contributed by atoms with Gasteiger partial charge in [-0.3, -0.25) is 0 Å². The lowest BCUT2D eigenvalue weighted by Gasteiger charge is -2.12. The number of nitrogens with zero attached hydrogens (tertiary/aromatic N) is 2. The van der Waals surface area contributed by atoms with E-state index in [1.54, 1.807) is 0 Å². The quantitative estimate of drug-likeness (QED) is 0.170. The second-order valence-electron chi connectivity index (χ2n) is 12.7. The molecule has 2 heteroatoms. The summed E-state index contributed by atoms with van der Waals surface area (Å²) in [5, 5.41) is 2.17. The van der Waals surface area contributed by atoms with Gasteiger partial charge in [0, 0.05) is 21.9 Å². The van der Waals surface area contributed by atoms with E-state index in [1.165, 1.54) is 44.5 Å². The van der Waals surface area contributed by atoms with Crippen LogP contribution in [-0.4, -0.2) is 9.97 Å². The molecule has 9 aromatic rings. The van der Waals surface area contributed by atoms with Crippen LogP contribution in [0, 0.1) is 0 Å². The van der Waals surface area contributed by atoms with Crippen LogP contribution in [0.25, 0.3) is 88.8 Å². The molecule has 2 nitrogen and oxygen atoms in total. The SMILES string of the molecule is c1ccc(-c2cc(-c3ccccc3)cc(-c3ccc(-c4ccc(-c5ccc6ccc7ccc(-c8ccccc8)nc7c6n5)cc4)cc3)c2)cc1. The molecule has 2 aromatic heterocycles. The Labute approximate surface area is 292 Å². The fourth-order valence-corrected chi connectivity index (χ4v) is 6.78. The van der Waals surface area contributed by atoms with E-state index in [-0.39, 0.29) is 0 Å². The first-order valence-corrected chi connectivity index (χ1v) is 17.0. The zero-order valence-corrected chi connectivity index (χ0v) is 27.4. The maximum atomic E-state index is 5.15. The lowest BCUT2D eigenvalue weighted by Crippen LogP contribution is -1.91. The monoisotopic (exact) mass is 636 g/mol. The predicted molar refractivity (Wildman–Crippen MR) is 210 cm³/mol. The Bertz CT molecular complexity index is 2540. The van der Waals surface area contributed by atoms with Gasteiger partial charge in [0.25, 0.3) is 0 Å². The third-order valence-electron chi connectivity index (χ3n) is 9.47. The number of benzene rings is 7. The van der Waals surface area contributed by atoms with Gasteiger partial charge in [0.2, 0.25) is 0 Å². The summed E-state index contributed by atoms with van der Waals surface area (Å²) in [4.78, 5) is 10.2. The number of hydrogen-bond acceptors (Lipinski definition) is 2. The van der Waals surface area contributed by atoms with Crippen molar-refractivity contribution in [3.8, 4) is 67.0 Å². The predicted octanol–water partition coefficient (Wildman–Crippen LogP) is 12.8. The second-order valence-corrected chi connectivity index (χ2v) is 12.7. The summed E-state index contributed by atoms with van der Waals surface area (Å²) in [7, 11) is 0. The first kappa shape index (κ1) is 29.5. The minimum absolute atomic E-state index is 0.921. The maximum Gasteiger partial charge on any atom is 0.0972 e. The average molecular weight is 637 g/mol. The summed E-state index contributed by atoms with van der Waals surface area (Å²) in [6, 6.07) is 68.8. The maximum absolute atomic E-state index is 5.15. The first-order valence-electron chi connectivity index (χ1n) is 17.0. The van der Waals surface area contributed by atoms with Gasteiger partial charge in [-0.2, -0.15) is 0 Å². The fraction of sp³-hybridized carbons (Fsp3) is 0. The van der Waals surface area contributed by atoms with Gasteiger partial charge in [0.05, 0.1) is 22.4 Å². The lowest BCUT2D eigenvalue weighted by molar-refractivity contribution is 1.36. The van der Waals surface area contributed by atoms with E-state index in [2.05, 4.69) is 176 Å². The molecule has 0 unspecified atom stereocenters. The van der Waals surface area contributed by atoms with Crippen LogP contribution in [-0.2, 0) is 0 Å². The molecule has 0 amide bonds. The molecule has 0 bridgehead atoms. The molecule has 0 saturated heterocycles. The molecule has 50 heavy (non-hydrogen) atoms. The van der Waals surface area contributed by atoms with Gasteiger partial charge in [0.1, 0.15) is 0 Å². The van der Waals surface area contributed by atoms with Gasteiger partial charge in [-0.15, -0.1) is 0 Å². The molecule has 0 spiro atoms. The third-order valence-corrected chi connectivity index (χ3v) is 9.47. The van der Waals surface area contributed by atoms with Crippen LogP contribution >= 0.6 is 0 Å². The van der Waals surface area contributed by atoms with Crippen molar-refractivity contribution in [1.29, 1.82) is 0 Å². The Morgan fingerprint density at radius 3 is 0.900 bits per heavy atom. The Kier molecular flexibility index (Phi) is 7.53. The van der Waals surface area contributed by atoms with E-state index in [9.17, 15) is 0 Å². The lowest BCUT2D eigenvalue weighted by atomic mass is 9.92. The summed E-state index contributed by atoms with van der Waals surface area (Å²) in [6.45, 7) is 0. The number of fused-ring (bicyclic) bond motifs is 3. The van der Waals surface area contributed by atoms with Crippen molar-refractivity contribution >= 4 is 21.8 Å². The molecule has 0 aliphatic carbocycles. The molecule has 234 valence electrons. The summed E-state index contributed by atoms with van der Waals surface area (Å²) < 4.78 is 0. The second kappa shape index (κ2) is 12.8. The average Bonchev–Trinajstić information content (AvgIpc) is 3.21. The molecular weight excluding hydrogens is 605 g/mol. The molecule has 2 heterocycles. The van der Waals surface area contributed by atoms with Gasteiger partial charge in [-0.25, -0.2) is 9.97 Å². The molecule has 0 atom stereocenters. The van der Waals surface area contributed by atoms with Crippen molar-refractivity contribution in [2.75, 3.05) is 0 Å². The number of rotatable bonds is 6. The summed E-state index contributed by atoms with van der Waals surface area (Å²) in [5.74, 6) is 0. The molecule has 7 aromatic carbocycles. The molecule has 0 fully saturated rings. The molecule has 0 radical (unpaired) electrons. The van der Waals surface area contributed by atoms with Crippen molar-refractivity contribution in [2.24, 2.45) is 0 Å². The zero-order chi connectivity index (χ0) is 33.3. The highest BCUT2D eigenvalue weighted by Gasteiger charge is 2.11. The van der Waals surface area contributed by atoms with E-state index < -0.39 is 0 Å². The Morgan fingerprint density at radius 1 is 0.220 bits per heavy atom. The van der Waals surface area contributed by atoms with Gasteiger partial charge in [-0.05, 0) is 74.8 Å². The Morgan fingerprint density at radius 2 is 0.500 bits per heavy atom. The Hall–Kier alpha value is -6.64. The van der Waals surface area contributed by atoms with Gasteiger partial charge >= 0.3 is 0 Å². The zero-order valence-electron chi connectivity index (χ0n) is 27.4. The van der Waals surface area contributed by atoms with E-state index in [4.69, 9.17) is 9.97 Å². The number of aromatic nitrogens is 2. The van der Waals surface area contributed by atoms with Crippen molar-refractivity contribution in [3.05, 3.63) is 194 Å². The van der Waals surface area contributed by atoms with Crippen LogP contribution in [0.5, 0.6) is 0 Å². The molecule has 0 saturated carbocycles. The van der Waals surface area contributed by atoms with Crippen molar-refractivity contribution < 1.29 is 0 Å². The minimum Gasteiger partial charge on any atom is -0.245 e. The number of pyridine rings is 2. The fourth-order valence-electron chi connectivity index (χ4n) is 6.78. The van der Waals surface area contributed by atoms with Crippen molar-refractivity contribution in [2.45, 2.75) is 0 Å². The van der Waals surface area contributed by atoms with E-state index >= 15 is 0 Å². The topological polar surface area (TPSA) is 25.8 Å². The standard InChI is InChI=1S/C48H32N2/c1-4-10-33(11-5-1)42-30-43(34-12-6-2-7-13-34)32-44(31-42)37-18-16-35(17-19-37)36-20-22-39(23-21-36)46-29-27-41-25-24-40-26-28-45(38-14-8-3-9-15-38)49-47(40)48(41)50-46/h1-32H. The van der Waals surface area contributed by atoms with Gasteiger partial charge in [0.15, 0.2) is 0 Å². The van der Waals surface area contributed by atoms with Crippen LogP contribution in [0.1, 0.15) is 0 Å². The molecule has 9 rings (SSSR count). The first-order chi connectivity index (χ1) is 24.7. The van der Waals surface area contributed by atoms with Gasteiger partial charge < -0.3 is 0 Å². The summed E-state index contributed by atoms with van der Waals surface area (Å²) >= 11 is 0. The highest BCUT2D eigenvalue weighted by molar-refractivity contribution is 6.04. The largest absolute Gasteiger partial charge is 0.245 e. The normalized spacial score (nSPS) is 11.2. The van der Waals surface area contributed by atoms with Crippen LogP contribution in [0.4, 0.5) is 0 Å². The smallest absolute Gasteiger partial charge is 0.0972 e. The molecule has 0 N–H and O–H groups in total. The van der Waals surface area contributed by atoms with Gasteiger partial charge in [-0.1, -0.05) is 164 Å². The highest BCUT2D eigenvalue weighted by Crippen LogP contribution is 2.35.